The van der Waals surface area contributed by atoms with Gasteiger partial charge in [-0.3, -0.25) is 0 Å². The van der Waals surface area contributed by atoms with Crippen LogP contribution in [0, 0.1) is 6.07 Å². The first-order valence-electron chi connectivity index (χ1n) is 7.81. The molecule has 0 spiro atoms. The SMILES string of the molecule is FC(F)(F)c1ccc(CCCCCCOc2cc[c]cc2)cc1. The van der Waals surface area contributed by atoms with E-state index in [9.17, 15) is 13.2 Å². The van der Waals surface area contributed by atoms with Crippen LogP contribution in [-0.2, 0) is 12.6 Å². The zero-order chi connectivity index (χ0) is 16.5. The number of hydrogen-bond acceptors (Lipinski definition) is 1. The molecule has 2 rings (SSSR count). The van der Waals surface area contributed by atoms with E-state index in [0.29, 0.717) is 6.61 Å². The van der Waals surface area contributed by atoms with Crippen LogP contribution in [-0.4, -0.2) is 6.61 Å². The summed E-state index contributed by atoms with van der Waals surface area (Å²) in [6, 6.07) is 15.8. The third-order valence-corrected chi connectivity index (χ3v) is 3.60. The van der Waals surface area contributed by atoms with Crippen molar-refractivity contribution in [2.45, 2.75) is 38.3 Å². The Balaban J connectivity index is 1.57. The van der Waals surface area contributed by atoms with Gasteiger partial charge in [-0.2, -0.15) is 13.2 Å². The molecule has 0 unspecified atom stereocenters. The Hall–Kier alpha value is -1.97. The predicted molar refractivity (Wildman–Crippen MR) is 84.4 cm³/mol. The van der Waals surface area contributed by atoms with Crippen LogP contribution in [0.25, 0.3) is 0 Å². The van der Waals surface area contributed by atoms with E-state index >= 15 is 0 Å². The van der Waals surface area contributed by atoms with Gasteiger partial charge in [0.1, 0.15) is 5.75 Å². The second-order valence-electron chi connectivity index (χ2n) is 5.44. The molecular formula is C19H20F3O. The number of unbranched alkanes of at least 4 members (excludes halogenated alkanes) is 3. The maximum absolute atomic E-state index is 12.5. The summed E-state index contributed by atoms with van der Waals surface area (Å²) in [7, 11) is 0. The Morgan fingerprint density at radius 2 is 1.48 bits per heavy atom. The fourth-order valence-corrected chi connectivity index (χ4v) is 2.30. The van der Waals surface area contributed by atoms with Gasteiger partial charge in [-0.05, 0) is 55.2 Å². The van der Waals surface area contributed by atoms with Gasteiger partial charge >= 0.3 is 6.18 Å². The molecule has 0 atom stereocenters. The zero-order valence-electron chi connectivity index (χ0n) is 12.9. The van der Waals surface area contributed by atoms with Crippen molar-refractivity contribution in [2.24, 2.45) is 0 Å². The van der Waals surface area contributed by atoms with Crippen molar-refractivity contribution in [3.05, 3.63) is 65.7 Å². The van der Waals surface area contributed by atoms with Gasteiger partial charge < -0.3 is 4.74 Å². The van der Waals surface area contributed by atoms with Crippen molar-refractivity contribution in [1.82, 2.24) is 0 Å². The van der Waals surface area contributed by atoms with E-state index in [-0.39, 0.29) is 0 Å². The molecule has 4 heteroatoms. The van der Waals surface area contributed by atoms with Gasteiger partial charge in [-0.15, -0.1) is 0 Å². The minimum absolute atomic E-state index is 0.586. The van der Waals surface area contributed by atoms with Crippen molar-refractivity contribution in [2.75, 3.05) is 6.61 Å². The summed E-state index contributed by atoms with van der Waals surface area (Å²) in [5.74, 6) is 0.855. The second-order valence-corrected chi connectivity index (χ2v) is 5.44. The van der Waals surface area contributed by atoms with Crippen LogP contribution in [0.5, 0.6) is 5.75 Å². The average Bonchev–Trinajstić information content (AvgIpc) is 2.54. The van der Waals surface area contributed by atoms with Crippen LogP contribution < -0.4 is 4.74 Å². The minimum atomic E-state index is -4.25. The number of benzene rings is 2. The molecule has 2 aromatic carbocycles. The highest BCUT2D eigenvalue weighted by Crippen LogP contribution is 2.29. The number of hydrogen-bond donors (Lipinski definition) is 0. The van der Waals surface area contributed by atoms with E-state index in [1.807, 2.05) is 24.3 Å². The Morgan fingerprint density at radius 3 is 2.13 bits per heavy atom. The van der Waals surface area contributed by atoms with Crippen molar-refractivity contribution in [3.8, 4) is 5.75 Å². The second kappa shape index (κ2) is 8.61. The predicted octanol–water partition coefficient (Wildman–Crippen LogP) is 5.69. The molecule has 23 heavy (non-hydrogen) atoms. The molecule has 123 valence electrons. The maximum Gasteiger partial charge on any atom is 0.416 e. The molecule has 0 aliphatic heterocycles. The third kappa shape index (κ3) is 6.35. The maximum atomic E-state index is 12.5. The fourth-order valence-electron chi connectivity index (χ4n) is 2.30. The molecule has 0 aliphatic rings. The molecule has 0 fully saturated rings. The summed E-state index contributed by atoms with van der Waals surface area (Å²) in [4.78, 5) is 0. The summed E-state index contributed by atoms with van der Waals surface area (Å²) in [6.07, 6.45) is 0.618. The lowest BCUT2D eigenvalue weighted by Gasteiger charge is -2.08. The fraction of sp³-hybridized carbons (Fsp3) is 0.368. The van der Waals surface area contributed by atoms with Crippen LogP contribution in [0.1, 0.15) is 36.8 Å². The Morgan fingerprint density at radius 1 is 0.826 bits per heavy atom. The van der Waals surface area contributed by atoms with Gasteiger partial charge in [0, 0.05) is 0 Å². The average molecular weight is 321 g/mol. The lowest BCUT2D eigenvalue weighted by Crippen LogP contribution is -2.04. The van der Waals surface area contributed by atoms with Crippen LogP contribution in [0.3, 0.4) is 0 Å². The molecule has 0 saturated carbocycles. The van der Waals surface area contributed by atoms with E-state index in [0.717, 1.165) is 55.5 Å². The smallest absolute Gasteiger partial charge is 0.416 e. The van der Waals surface area contributed by atoms with E-state index in [4.69, 9.17) is 4.74 Å². The lowest BCUT2D eigenvalue weighted by molar-refractivity contribution is -0.137. The van der Waals surface area contributed by atoms with Gasteiger partial charge in [-0.25, -0.2) is 0 Å². The first kappa shape index (κ1) is 17.4. The minimum Gasteiger partial charge on any atom is -0.494 e. The van der Waals surface area contributed by atoms with E-state index in [1.165, 1.54) is 0 Å². The molecule has 0 aliphatic carbocycles. The molecule has 0 aromatic heterocycles. The number of ether oxygens (including phenoxy) is 1. The highest BCUT2D eigenvalue weighted by atomic mass is 19.4. The van der Waals surface area contributed by atoms with Crippen LogP contribution in [0.4, 0.5) is 13.2 Å². The third-order valence-electron chi connectivity index (χ3n) is 3.60. The molecule has 0 saturated heterocycles. The van der Waals surface area contributed by atoms with Crippen molar-refractivity contribution in [1.29, 1.82) is 0 Å². The molecule has 2 aromatic rings. The first-order valence-corrected chi connectivity index (χ1v) is 7.81. The summed E-state index contributed by atoms with van der Waals surface area (Å²) in [5.41, 5.74) is 0.367. The van der Waals surface area contributed by atoms with Crippen molar-refractivity contribution in [3.63, 3.8) is 0 Å². The molecule has 0 N–H and O–H groups in total. The largest absolute Gasteiger partial charge is 0.494 e. The Kier molecular flexibility index (Phi) is 6.51. The lowest BCUT2D eigenvalue weighted by atomic mass is 10.0. The Bertz CT molecular complexity index is 561. The van der Waals surface area contributed by atoms with Crippen LogP contribution >= 0.6 is 0 Å². The molecule has 1 nitrogen and oxygen atoms in total. The standard InChI is InChI=1S/C19H20F3O/c20-19(21,22)17-13-11-16(12-14-17)8-4-1-2-7-15-23-18-9-5-3-6-10-18/h5-6,9-14H,1-2,4,7-8,15H2. The summed E-state index contributed by atoms with van der Waals surface area (Å²) < 4.78 is 43.0. The van der Waals surface area contributed by atoms with Gasteiger partial charge in [0.25, 0.3) is 0 Å². The first-order chi connectivity index (χ1) is 11.1. The van der Waals surface area contributed by atoms with Crippen LogP contribution in [0.15, 0.2) is 48.5 Å². The molecule has 0 bridgehead atoms. The molecule has 0 heterocycles. The van der Waals surface area contributed by atoms with Crippen molar-refractivity contribution >= 4 is 0 Å². The van der Waals surface area contributed by atoms with E-state index < -0.39 is 11.7 Å². The highest BCUT2D eigenvalue weighted by molar-refractivity contribution is 5.24. The molecule has 0 amide bonds. The number of aryl methyl sites for hydroxylation is 1. The van der Waals surface area contributed by atoms with Gasteiger partial charge in [0.15, 0.2) is 0 Å². The van der Waals surface area contributed by atoms with Gasteiger partial charge in [0.05, 0.1) is 12.2 Å². The summed E-state index contributed by atoms with van der Waals surface area (Å²) in [5, 5.41) is 0. The van der Waals surface area contributed by atoms with E-state index in [2.05, 4.69) is 6.07 Å². The molecular weight excluding hydrogens is 301 g/mol. The number of alkyl halides is 3. The number of halogens is 3. The quantitative estimate of drug-likeness (QED) is 0.568. The van der Waals surface area contributed by atoms with Gasteiger partial charge in [0.2, 0.25) is 0 Å². The molecule has 1 radical (unpaired) electrons. The number of rotatable bonds is 8. The summed E-state index contributed by atoms with van der Waals surface area (Å²) in [6.45, 7) is 0.685. The highest BCUT2D eigenvalue weighted by Gasteiger charge is 2.29. The monoisotopic (exact) mass is 321 g/mol. The normalized spacial score (nSPS) is 11.4. The topological polar surface area (TPSA) is 9.23 Å². The summed E-state index contributed by atoms with van der Waals surface area (Å²) >= 11 is 0. The van der Waals surface area contributed by atoms with Crippen LogP contribution in [0.2, 0.25) is 0 Å². The van der Waals surface area contributed by atoms with Crippen molar-refractivity contribution < 1.29 is 17.9 Å². The van der Waals surface area contributed by atoms with E-state index in [1.54, 1.807) is 12.1 Å². The zero-order valence-corrected chi connectivity index (χ0v) is 12.9. The van der Waals surface area contributed by atoms with Gasteiger partial charge in [-0.1, -0.05) is 37.1 Å². The Labute approximate surface area is 135 Å².